The van der Waals surface area contributed by atoms with Gasteiger partial charge in [-0.1, -0.05) is 5.16 Å². The third-order valence-electron chi connectivity index (χ3n) is 3.46. The maximum Gasteiger partial charge on any atom is 0.364 e. The van der Waals surface area contributed by atoms with Gasteiger partial charge >= 0.3 is 5.97 Å². The first-order valence-electron chi connectivity index (χ1n) is 6.85. The molecule has 0 unspecified atom stereocenters. The Morgan fingerprint density at radius 2 is 2.05 bits per heavy atom. The maximum absolute atomic E-state index is 12.1. The average Bonchev–Trinajstić information content (AvgIpc) is 3.19. The third-order valence-corrected chi connectivity index (χ3v) is 3.46. The van der Waals surface area contributed by atoms with Crippen molar-refractivity contribution in [2.45, 2.75) is 31.3 Å². The molecule has 22 heavy (non-hydrogen) atoms. The van der Waals surface area contributed by atoms with Crippen LogP contribution in [-0.4, -0.2) is 37.4 Å². The van der Waals surface area contributed by atoms with Gasteiger partial charge in [0.15, 0.2) is 5.76 Å². The number of carbonyl (C=O) groups is 2. The number of ether oxygens (including phenoxy) is 1. The van der Waals surface area contributed by atoms with E-state index in [1.165, 1.54) is 20.5 Å². The molecule has 1 aromatic rings. The molecule has 0 atom stereocenters. The Morgan fingerprint density at radius 1 is 1.32 bits per heavy atom. The number of amides is 1. The van der Waals surface area contributed by atoms with Crippen LogP contribution in [0.4, 0.5) is 0 Å². The number of rotatable bonds is 6. The third kappa shape index (κ3) is 3.28. The zero-order chi connectivity index (χ0) is 16.0. The summed E-state index contributed by atoms with van der Waals surface area (Å²) in [6, 6.07) is 3.16. The van der Waals surface area contributed by atoms with Crippen LogP contribution in [-0.2, 0) is 24.0 Å². The van der Waals surface area contributed by atoms with Gasteiger partial charge in [0.25, 0.3) is 5.91 Å². The van der Waals surface area contributed by atoms with Gasteiger partial charge in [-0.15, -0.1) is 0 Å². The predicted octanol–water partition coefficient (Wildman–Crippen LogP) is 1.16. The smallest absolute Gasteiger partial charge is 0.364 e. The SMILES string of the molecule is CONC(=O)C1(ON=C(C(=O)OC)c2ccco2)CCCC1. The highest BCUT2D eigenvalue weighted by atomic mass is 16.7. The minimum atomic E-state index is -1.15. The molecule has 0 bridgehead atoms. The van der Waals surface area contributed by atoms with Gasteiger partial charge in [0, 0.05) is 0 Å². The number of nitrogens with zero attached hydrogens (tertiary/aromatic N) is 1. The second kappa shape index (κ2) is 7.08. The van der Waals surface area contributed by atoms with Crippen molar-refractivity contribution in [3.8, 4) is 0 Å². The molecule has 0 saturated heterocycles. The van der Waals surface area contributed by atoms with E-state index in [9.17, 15) is 9.59 Å². The van der Waals surface area contributed by atoms with Gasteiger partial charge in [-0.05, 0) is 37.8 Å². The first kappa shape index (κ1) is 16.0. The van der Waals surface area contributed by atoms with Crippen LogP contribution in [0.15, 0.2) is 28.0 Å². The molecule has 1 saturated carbocycles. The highest BCUT2D eigenvalue weighted by Crippen LogP contribution is 2.34. The molecule has 2 rings (SSSR count). The highest BCUT2D eigenvalue weighted by Gasteiger charge is 2.45. The maximum atomic E-state index is 12.1. The molecule has 1 fully saturated rings. The summed E-state index contributed by atoms with van der Waals surface area (Å²) in [5.41, 5.74) is 0.971. The Balaban J connectivity index is 2.24. The van der Waals surface area contributed by atoms with Crippen molar-refractivity contribution in [2.24, 2.45) is 5.16 Å². The molecule has 1 amide bonds. The number of nitrogens with one attached hydrogen (secondary N) is 1. The molecule has 1 aliphatic rings. The zero-order valence-electron chi connectivity index (χ0n) is 12.5. The predicted molar refractivity (Wildman–Crippen MR) is 74.7 cm³/mol. The van der Waals surface area contributed by atoms with Crippen LogP contribution < -0.4 is 5.48 Å². The second-order valence-electron chi connectivity index (χ2n) is 4.84. The van der Waals surface area contributed by atoms with E-state index in [1.807, 2.05) is 0 Å². The second-order valence-corrected chi connectivity index (χ2v) is 4.84. The van der Waals surface area contributed by atoms with Crippen LogP contribution in [0.25, 0.3) is 0 Å². The van der Waals surface area contributed by atoms with E-state index in [-0.39, 0.29) is 11.5 Å². The van der Waals surface area contributed by atoms with E-state index in [4.69, 9.17) is 9.25 Å². The number of hydrogen-bond acceptors (Lipinski definition) is 7. The van der Waals surface area contributed by atoms with E-state index in [1.54, 1.807) is 12.1 Å². The van der Waals surface area contributed by atoms with E-state index in [0.29, 0.717) is 12.8 Å². The summed E-state index contributed by atoms with van der Waals surface area (Å²) >= 11 is 0. The van der Waals surface area contributed by atoms with Gasteiger partial charge in [0.2, 0.25) is 11.3 Å². The summed E-state index contributed by atoms with van der Waals surface area (Å²) in [6.45, 7) is 0. The molecule has 1 N–H and O–H groups in total. The largest absolute Gasteiger partial charge is 0.464 e. The first-order chi connectivity index (χ1) is 10.6. The fraction of sp³-hybridized carbons (Fsp3) is 0.500. The minimum Gasteiger partial charge on any atom is -0.464 e. The monoisotopic (exact) mass is 310 g/mol. The summed E-state index contributed by atoms with van der Waals surface area (Å²) in [5, 5.41) is 3.83. The minimum absolute atomic E-state index is 0.135. The topological polar surface area (TPSA) is 99.4 Å². The number of oxime groups is 1. The van der Waals surface area contributed by atoms with Crippen molar-refractivity contribution in [3.05, 3.63) is 24.2 Å². The summed E-state index contributed by atoms with van der Waals surface area (Å²) in [4.78, 5) is 34.0. The highest BCUT2D eigenvalue weighted by molar-refractivity contribution is 6.42. The lowest BCUT2D eigenvalue weighted by molar-refractivity contribution is -0.158. The number of hydroxylamine groups is 1. The molecule has 8 nitrogen and oxygen atoms in total. The Kier molecular flexibility index (Phi) is 5.16. The van der Waals surface area contributed by atoms with Crippen LogP contribution in [0.3, 0.4) is 0 Å². The number of esters is 1. The van der Waals surface area contributed by atoms with Crippen LogP contribution in [0.1, 0.15) is 31.4 Å². The lowest BCUT2D eigenvalue weighted by Gasteiger charge is -2.24. The van der Waals surface area contributed by atoms with Crippen LogP contribution in [0.2, 0.25) is 0 Å². The normalized spacial score (nSPS) is 17.1. The van der Waals surface area contributed by atoms with Crippen molar-refractivity contribution >= 4 is 17.6 Å². The van der Waals surface area contributed by atoms with Gasteiger partial charge in [0.1, 0.15) is 0 Å². The van der Waals surface area contributed by atoms with Crippen molar-refractivity contribution in [1.29, 1.82) is 0 Å². The molecule has 0 radical (unpaired) electrons. The lowest BCUT2D eigenvalue weighted by Crippen LogP contribution is -2.46. The van der Waals surface area contributed by atoms with Crippen molar-refractivity contribution in [1.82, 2.24) is 5.48 Å². The van der Waals surface area contributed by atoms with Gasteiger partial charge in [-0.25, -0.2) is 10.3 Å². The molecule has 0 spiro atoms. The average molecular weight is 310 g/mol. The molecule has 1 aliphatic carbocycles. The summed E-state index contributed by atoms with van der Waals surface area (Å²) in [6.07, 6.45) is 4.01. The van der Waals surface area contributed by atoms with Gasteiger partial charge < -0.3 is 14.0 Å². The lowest BCUT2D eigenvalue weighted by atomic mass is 10.0. The number of hydrogen-bond donors (Lipinski definition) is 1. The van der Waals surface area contributed by atoms with Gasteiger partial charge in [-0.2, -0.15) is 0 Å². The number of methoxy groups -OCH3 is 1. The Bertz CT molecular complexity index is 546. The molecule has 1 heterocycles. The molecule has 1 aromatic heterocycles. The van der Waals surface area contributed by atoms with E-state index in [0.717, 1.165) is 12.8 Å². The Labute approximate surface area is 127 Å². The molecule has 120 valence electrons. The summed E-state index contributed by atoms with van der Waals surface area (Å²) in [5.74, 6) is -0.942. The molecular formula is C14H18N2O6. The van der Waals surface area contributed by atoms with E-state index >= 15 is 0 Å². The Hall–Kier alpha value is -2.35. The summed E-state index contributed by atoms with van der Waals surface area (Å²) < 4.78 is 9.80. The number of carbonyl (C=O) groups excluding carboxylic acids is 2. The van der Waals surface area contributed by atoms with Crippen LogP contribution in [0, 0.1) is 0 Å². The standard InChI is InChI=1S/C14H18N2O6/c1-19-12(17)11(10-6-5-9-21-10)15-22-14(7-3-4-8-14)13(18)16-20-2/h5-6,9H,3-4,7-8H2,1-2H3,(H,16,18). The first-order valence-corrected chi connectivity index (χ1v) is 6.85. The molecule has 0 aliphatic heterocycles. The van der Waals surface area contributed by atoms with E-state index < -0.39 is 17.5 Å². The number of furan rings is 1. The van der Waals surface area contributed by atoms with Crippen molar-refractivity contribution in [3.63, 3.8) is 0 Å². The van der Waals surface area contributed by atoms with Crippen LogP contribution >= 0.6 is 0 Å². The van der Waals surface area contributed by atoms with Gasteiger partial charge in [0.05, 0.1) is 20.5 Å². The molecule has 8 heteroatoms. The zero-order valence-corrected chi connectivity index (χ0v) is 12.5. The quantitative estimate of drug-likeness (QED) is 0.481. The Morgan fingerprint density at radius 3 is 2.59 bits per heavy atom. The van der Waals surface area contributed by atoms with Crippen molar-refractivity contribution < 1.29 is 28.4 Å². The molecule has 0 aromatic carbocycles. The fourth-order valence-corrected chi connectivity index (χ4v) is 2.32. The fourth-order valence-electron chi connectivity index (χ4n) is 2.32. The van der Waals surface area contributed by atoms with E-state index in [2.05, 4.69) is 20.2 Å². The summed E-state index contributed by atoms with van der Waals surface area (Å²) in [7, 11) is 2.57. The van der Waals surface area contributed by atoms with Gasteiger partial charge in [-0.3, -0.25) is 9.63 Å². The van der Waals surface area contributed by atoms with Crippen molar-refractivity contribution in [2.75, 3.05) is 14.2 Å². The van der Waals surface area contributed by atoms with Crippen LogP contribution in [0.5, 0.6) is 0 Å². The molecular weight excluding hydrogens is 292 g/mol.